The molecule has 3 N–H and O–H groups in total. The van der Waals surface area contributed by atoms with E-state index in [-0.39, 0.29) is 11.8 Å². The lowest BCUT2D eigenvalue weighted by atomic mass is 11.2. The second-order valence-corrected chi connectivity index (χ2v) is 4.59. The van der Waals surface area contributed by atoms with Gasteiger partial charge in [-0.25, -0.2) is 0 Å². The number of alkyl halides is 3. The first-order valence-corrected chi connectivity index (χ1v) is 4.12. The van der Waals surface area contributed by atoms with Crippen molar-refractivity contribution in [2.24, 2.45) is 5.73 Å². The first-order valence-electron chi connectivity index (χ1n) is 2.17. The SMILES string of the molecule is NC(=O)SC(=O)NC(Cl)(Cl)Cl. The zero-order chi connectivity index (χ0) is 9.07. The van der Waals surface area contributed by atoms with Gasteiger partial charge in [-0.2, -0.15) is 0 Å². The Kier molecular flexibility index (Phi) is 4.31. The van der Waals surface area contributed by atoms with E-state index in [0.717, 1.165) is 0 Å². The van der Waals surface area contributed by atoms with Crippen LogP contribution < -0.4 is 11.1 Å². The van der Waals surface area contributed by atoms with Gasteiger partial charge in [-0.3, -0.25) is 9.59 Å². The van der Waals surface area contributed by atoms with Crippen LogP contribution in [0.2, 0.25) is 0 Å². The van der Waals surface area contributed by atoms with E-state index >= 15 is 0 Å². The van der Waals surface area contributed by atoms with Crippen LogP contribution >= 0.6 is 46.6 Å². The molecule has 0 radical (unpaired) electrons. The summed E-state index contributed by atoms with van der Waals surface area (Å²) >= 11 is 15.7. The van der Waals surface area contributed by atoms with Gasteiger partial charge in [0.05, 0.1) is 0 Å². The van der Waals surface area contributed by atoms with Gasteiger partial charge in [0, 0.05) is 11.8 Å². The van der Waals surface area contributed by atoms with Crippen molar-refractivity contribution >= 4 is 57.0 Å². The molecule has 11 heavy (non-hydrogen) atoms. The van der Waals surface area contributed by atoms with Gasteiger partial charge in [0.25, 0.3) is 14.4 Å². The molecule has 0 unspecified atom stereocenters. The number of hydrogen-bond donors (Lipinski definition) is 2. The third-order valence-corrected chi connectivity index (χ3v) is 1.21. The Balaban J connectivity index is 3.80. The smallest absolute Gasteiger partial charge is 0.291 e. The summed E-state index contributed by atoms with van der Waals surface area (Å²) in [5.74, 6) is 0. The van der Waals surface area contributed by atoms with E-state index in [2.05, 4.69) is 5.73 Å². The van der Waals surface area contributed by atoms with Crippen LogP contribution in [0.15, 0.2) is 0 Å². The molecule has 0 aliphatic carbocycles. The predicted octanol–water partition coefficient (Wildman–Crippen LogP) is 1.84. The molecule has 0 aromatic rings. The lowest BCUT2D eigenvalue weighted by molar-refractivity contribution is 0.259. The Hall–Kier alpha value is 0.160. The molecule has 8 heteroatoms. The van der Waals surface area contributed by atoms with E-state index in [1.165, 1.54) is 0 Å². The molecular weight excluding hydrogens is 234 g/mol. The number of amides is 2. The van der Waals surface area contributed by atoms with Crippen LogP contribution in [-0.2, 0) is 0 Å². The standard InChI is InChI=1S/C3H3Cl3N2O2S/c4-3(5,6)8-2(10)11-1(7)9/h(H2,7,9)(H,8,10). The van der Waals surface area contributed by atoms with E-state index < -0.39 is 14.4 Å². The molecule has 0 aromatic carbocycles. The van der Waals surface area contributed by atoms with E-state index in [0.29, 0.717) is 0 Å². The maximum Gasteiger partial charge on any atom is 0.291 e. The molecule has 0 saturated carbocycles. The van der Waals surface area contributed by atoms with Gasteiger partial charge in [0.1, 0.15) is 0 Å². The van der Waals surface area contributed by atoms with Crippen molar-refractivity contribution < 1.29 is 9.59 Å². The average Bonchev–Trinajstić information content (AvgIpc) is 1.53. The Morgan fingerprint density at radius 2 is 1.82 bits per heavy atom. The van der Waals surface area contributed by atoms with E-state index in [9.17, 15) is 9.59 Å². The topological polar surface area (TPSA) is 72.2 Å². The van der Waals surface area contributed by atoms with Crippen molar-refractivity contribution in [1.82, 2.24) is 5.32 Å². The molecule has 2 amide bonds. The molecule has 0 aliphatic heterocycles. The van der Waals surface area contributed by atoms with Gasteiger partial charge in [-0.1, -0.05) is 34.8 Å². The number of halogens is 3. The molecular formula is C3H3Cl3N2O2S. The average molecular weight is 237 g/mol. The summed E-state index contributed by atoms with van der Waals surface area (Å²) in [6, 6.07) is 0. The maximum atomic E-state index is 10.6. The van der Waals surface area contributed by atoms with Crippen LogP contribution in [0.1, 0.15) is 0 Å². The zero-order valence-electron chi connectivity index (χ0n) is 4.94. The maximum absolute atomic E-state index is 10.6. The van der Waals surface area contributed by atoms with Gasteiger partial charge in [-0.05, 0) is 0 Å². The molecule has 0 bridgehead atoms. The lowest BCUT2D eigenvalue weighted by Gasteiger charge is -2.10. The second-order valence-electron chi connectivity index (χ2n) is 1.33. The highest BCUT2D eigenvalue weighted by atomic mass is 35.6. The van der Waals surface area contributed by atoms with E-state index in [4.69, 9.17) is 34.8 Å². The number of nitrogens with two attached hydrogens (primary N) is 1. The molecule has 0 spiro atoms. The van der Waals surface area contributed by atoms with Gasteiger partial charge < -0.3 is 11.1 Å². The molecule has 0 fully saturated rings. The normalized spacial score (nSPS) is 10.8. The number of thioether (sulfide) groups is 1. The van der Waals surface area contributed by atoms with Crippen LogP contribution in [0, 0.1) is 0 Å². The Bertz CT molecular complexity index is 180. The summed E-state index contributed by atoms with van der Waals surface area (Å²) in [6.45, 7) is 0. The summed E-state index contributed by atoms with van der Waals surface area (Å²) in [7, 11) is 0. The van der Waals surface area contributed by atoms with E-state index in [1.807, 2.05) is 5.32 Å². The molecule has 64 valence electrons. The van der Waals surface area contributed by atoms with Crippen LogP contribution in [0.25, 0.3) is 0 Å². The number of carbonyl (C=O) groups excluding carboxylic acids is 2. The molecule has 0 atom stereocenters. The molecule has 0 aliphatic rings. The van der Waals surface area contributed by atoms with Gasteiger partial charge >= 0.3 is 0 Å². The van der Waals surface area contributed by atoms with Crippen LogP contribution in [0.3, 0.4) is 0 Å². The molecule has 0 saturated heterocycles. The second kappa shape index (κ2) is 4.25. The molecule has 0 aromatic heterocycles. The van der Waals surface area contributed by atoms with Crippen molar-refractivity contribution in [3.63, 3.8) is 0 Å². The quantitative estimate of drug-likeness (QED) is 0.499. The Morgan fingerprint density at radius 1 is 1.36 bits per heavy atom. The molecule has 0 heterocycles. The zero-order valence-corrected chi connectivity index (χ0v) is 8.02. The fraction of sp³-hybridized carbons (Fsp3) is 0.333. The largest absolute Gasteiger partial charge is 0.360 e. The van der Waals surface area contributed by atoms with Crippen molar-refractivity contribution in [3.05, 3.63) is 0 Å². The van der Waals surface area contributed by atoms with Crippen LogP contribution in [0.4, 0.5) is 9.59 Å². The summed E-state index contributed by atoms with van der Waals surface area (Å²) in [5.41, 5.74) is 4.65. The Morgan fingerprint density at radius 3 is 2.09 bits per heavy atom. The predicted molar refractivity (Wildman–Crippen MR) is 46.0 cm³/mol. The van der Waals surface area contributed by atoms with E-state index in [1.54, 1.807) is 0 Å². The number of hydrogen-bond acceptors (Lipinski definition) is 3. The number of carbonyl (C=O) groups is 2. The highest BCUT2D eigenvalue weighted by molar-refractivity contribution is 8.26. The monoisotopic (exact) mass is 236 g/mol. The summed E-state index contributed by atoms with van der Waals surface area (Å²) in [6.07, 6.45) is 0. The summed E-state index contributed by atoms with van der Waals surface area (Å²) in [4.78, 5) is 20.7. The minimum atomic E-state index is -1.90. The fourth-order valence-corrected chi connectivity index (χ4v) is 1.04. The highest BCUT2D eigenvalue weighted by Gasteiger charge is 2.23. The Labute approximate surface area is 81.7 Å². The lowest BCUT2D eigenvalue weighted by Crippen LogP contribution is -2.32. The first kappa shape index (κ1) is 11.2. The third kappa shape index (κ3) is 8.06. The van der Waals surface area contributed by atoms with Crippen molar-refractivity contribution in [2.45, 2.75) is 3.92 Å². The van der Waals surface area contributed by atoms with Crippen molar-refractivity contribution in [2.75, 3.05) is 0 Å². The fourth-order valence-electron chi connectivity index (χ4n) is 0.233. The van der Waals surface area contributed by atoms with Crippen molar-refractivity contribution in [3.8, 4) is 0 Å². The van der Waals surface area contributed by atoms with Gasteiger partial charge in [-0.15, -0.1) is 0 Å². The first-order chi connectivity index (χ1) is 4.81. The molecule has 4 nitrogen and oxygen atoms in total. The van der Waals surface area contributed by atoms with Gasteiger partial charge in [0.15, 0.2) is 0 Å². The number of primary amides is 1. The van der Waals surface area contributed by atoms with Crippen LogP contribution in [-0.4, -0.2) is 14.4 Å². The van der Waals surface area contributed by atoms with Crippen LogP contribution in [0.5, 0.6) is 0 Å². The third-order valence-electron chi connectivity index (χ3n) is 0.437. The van der Waals surface area contributed by atoms with Gasteiger partial charge in [0.2, 0.25) is 0 Å². The van der Waals surface area contributed by atoms with Crippen molar-refractivity contribution in [1.29, 1.82) is 0 Å². The number of rotatable bonds is 0. The summed E-state index contributed by atoms with van der Waals surface area (Å²) in [5, 5.41) is 0.198. The molecule has 0 rings (SSSR count). The number of nitrogens with one attached hydrogen (secondary N) is 1. The minimum Gasteiger partial charge on any atom is -0.360 e. The highest BCUT2D eigenvalue weighted by Crippen LogP contribution is 2.23. The summed E-state index contributed by atoms with van der Waals surface area (Å²) < 4.78 is -1.90. The minimum absolute atomic E-state index is 0.217.